The minimum Gasteiger partial charge on any atom is -0.258 e. The summed E-state index contributed by atoms with van der Waals surface area (Å²) in [6, 6.07) is -0.119. The maximum atomic E-state index is 13.0. The van der Waals surface area contributed by atoms with Gasteiger partial charge in [0.05, 0.1) is 4.92 Å². The number of nitro groups is 1. The molecular weight excluding hydrogens is 279 g/mol. The summed E-state index contributed by atoms with van der Waals surface area (Å²) < 4.78 is 62.4. The molecule has 0 saturated carbocycles. The van der Waals surface area contributed by atoms with Crippen LogP contribution in [0, 0.1) is 15.0 Å². The van der Waals surface area contributed by atoms with Crippen LogP contribution in [0.1, 0.15) is 11.6 Å². The molecule has 0 fully saturated rings. The zero-order chi connectivity index (χ0) is 14.8. The Morgan fingerprint density at radius 2 is 1.79 bits per heavy atom. The van der Waals surface area contributed by atoms with E-state index >= 15 is 0 Å². The van der Waals surface area contributed by atoms with Crippen molar-refractivity contribution in [3.8, 4) is 0 Å². The molecule has 0 saturated heterocycles. The highest BCUT2D eigenvalue weighted by Crippen LogP contribution is 2.46. The molecule has 0 spiro atoms. The predicted octanol–water partition coefficient (Wildman–Crippen LogP) is 3.60. The van der Waals surface area contributed by atoms with Crippen LogP contribution in [0.25, 0.3) is 0 Å². The summed E-state index contributed by atoms with van der Waals surface area (Å²) in [6.07, 6.45) is -5.99. The molecule has 1 aromatic rings. The minimum atomic E-state index is -5.99. The summed E-state index contributed by atoms with van der Waals surface area (Å²) in [5.41, 5.74) is -1.60. The van der Waals surface area contributed by atoms with Gasteiger partial charge in [0.1, 0.15) is 0 Å². The van der Waals surface area contributed by atoms with E-state index < -0.39 is 34.3 Å². The fourth-order valence-corrected chi connectivity index (χ4v) is 1.30. The number of halogens is 5. The van der Waals surface area contributed by atoms with Crippen molar-refractivity contribution in [2.75, 3.05) is 0 Å². The first kappa shape index (κ1) is 14.9. The normalized spacial score (nSPS) is 13.9. The molecule has 0 heterocycles. The number of non-ortho nitro benzene ring substituents is 1. The van der Waals surface area contributed by atoms with Gasteiger partial charge in [-0.1, -0.05) is 17.3 Å². The third kappa shape index (κ3) is 2.83. The molecule has 0 aliphatic heterocycles. The molecule has 19 heavy (non-hydrogen) atoms. The predicted molar refractivity (Wildman–Crippen MR) is 52.6 cm³/mol. The van der Waals surface area contributed by atoms with Gasteiger partial charge in [-0.2, -0.15) is 22.0 Å². The van der Waals surface area contributed by atoms with E-state index in [1.54, 1.807) is 5.18 Å². The van der Waals surface area contributed by atoms with E-state index in [0.717, 1.165) is 18.2 Å². The SMILES string of the molecule is O=NC(c1cccc([N+](=O)[O-])c1)C(F)(F)C(F)(F)F. The molecule has 1 atom stereocenters. The standard InChI is InChI=1S/C9H5F5N2O3/c10-8(11,9(12,13)14)7(15-17)5-2-1-3-6(4-5)16(18)19/h1-4,7H. The second kappa shape index (κ2) is 4.86. The molecule has 104 valence electrons. The first-order valence-corrected chi connectivity index (χ1v) is 4.62. The van der Waals surface area contributed by atoms with Crippen LogP contribution >= 0.6 is 0 Å². The van der Waals surface area contributed by atoms with Gasteiger partial charge in [0, 0.05) is 12.1 Å². The molecule has 0 radical (unpaired) electrons. The van der Waals surface area contributed by atoms with E-state index in [2.05, 4.69) is 0 Å². The van der Waals surface area contributed by atoms with Crippen LogP contribution in [0.4, 0.5) is 27.6 Å². The molecule has 10 heteroatoms. The number of nitroso groups, excluding NO2 is 1. The Balaban J connectivity index is 3.28. The van der Waals surface area contributed by atoms with E-state index in [-0.39, 0.29) is 0 Å². The van der Waals surface area contributed by atoms with Crippen LogP contribution in [0.15, 0.2) is 29.4 Å². The first-order chi connectivity index (χ1) is 8.61. The van der Waals surface area contributed by atoms with Gasteiger partial charge in [-0.25, -0.2) is 0 Å². The topological polar surface area (TPSA) is 72.6 Å². The summed E-state index contributed by atoms with van der Waals surface area (Å²) in [5, 5.41) is 12.2. The van der Waals surface area contributed by atoms with Gasteiger partial charge in [-0.05, 0) is 5.56 Å². The fraction of sp³-hybridized carbons (Fsp3) is 0.333. The summed E-state index contributed by atoms with van der Waals surface area (Å²) in [7, 11) is 0. The van der Waals surface area contributed by atoms with Crippen LogP contribution in [-0.4, -0.2) is 17.0 Å². The van der Waals surface area contributed by atoms with Crippen molar-refractivity contribution in [3.05, 3.63) is 44.9 Å². The molecule has 0 aliphatic carbocycles. The van der Waals surface area contributed by atoms with Gasteiger partial charge in [-0.15, -0.1) is 4.91 Å². The van der Waals surface area contributed by atoms with Crippen LogP contribution in [-0.2, 0) is 0 Å². The van der Waals surface area contributed by atoms with Crippen molar-refractivity contribution in [2.45, 2.75) is 18.1 Å². The van der Waals surface area contributed by atoms with Crippen LogP contribution in [0.2, 0.25) is 0 Å². The van der Waals surface area contributed by atoms with Gasteiger partial charge in [0.15, 0.2) is 6.04 Å². The average Bonchev–Trinajstić information content (AvgIpc) is 2.28. The molecule has 1 rings (SSSR count). The van der Waals surface area contributed by atoms with Crippen molar-refractivity contribution in [1.82, 2.24) is 0 Å². The van der Waals surface area contributed by atoms with Crippen molar-refractivity contribution >= 4 is 5.69 Å². The highest BCUT2D eigenvalue weighted by Gasteiger charge is 2.64. The second-order valence-corrected chi connectivity index (χ2v) is 3.48. The largest absolute Gasteiger partial charge is 0.456 e. The van der Waals surface area contributed by atoms with Gasteiger partial charge in [0.25, 0.3) is 5.69 Å². The van der Waals surface area contributed by atoms with Crippen molar-refractivity contribution in [1.29, 1.82) is 0 Å². The van der Waals surface area contributed by atoms with E-state index in [1.165, 1.54) is 0 Å². The van der Waals surface area contributed by atoms with Gasteiger partial charge in [0.2, 0.25) is 0 Å². The lowest BCUT2D eigenvalue weighted by atomic mass is 10.0. The third-order valence-corrected chi connectivity index (χ3v) is 2.22. The molecule has 0 amide bonds. The number of rotatable bonds is 4. The van der Waals surface area contributed by atoms with E-state index in [9.17, 15) is 37.0 Å². The highest BCUT2D eigenvalue weighted by molar-refractivity contribution is 5.36. The highest BCUT2D eigenvalue weighted by atomic mass is 19.4. The Morgan fingerprint density at radius 3 is 2.21 bits per heavy atom. The Labute approximate surface area is 102 Å². The number of nitrogens with zero attached hydrogens (tertiary/aromatic N) is 2. The molecule has 0 aromatic heterocycles. The first-order valence-electron chi connectivity index (χ1n) is 4.62. The lowest BCUT2D eigenvalue weighted by molar-refractivity contribution is -0.385. The number of hydrogen-bond donors (Lipinski definition) is 0. The lowest BCUT2D eigenvalue weighted by Crippen LogP contribution is -2.41. The van der Waals surface area contributed by atoms with Gasteiger partial charge >= 0.3 is 12.1 Å². The van der Waals surface area contributed by atoms with Crippen molar-refractivity contribution in [3.63, 3.8) is 0 Å². The Bertz CT molecular complexity index is 503. The van der Waals surface area contributed by atoms with Gasteiger partial charge in [-0.3, -0.25) is 10.1 Å². The van der Waals surface area contributed by atoms with Crippen molar-refractivity contribution < 1.29 is 26.9 Å². The molecule has 0 bridgehead atoms. The molecule has 1 unspecified atom stereocenters. The zero-order valence-corrected chi connectivity index (χ0v) is 8.90. The van der Waals surface area contributed by atoms with Crippen LogP contribution in [0.5, 0.6) is 0 Å². The lowest BCUT2D eigenvalue weighted by Gasteiger charge is -2.23. The molecular formula is C9H5F5N2O3. The monoisotopic (exact) mass is 284 g/mol. The number of benzene rings is 1. The zero-order valence-electron chi connectivity index (χ0n) is 8.90. The van der Waals surface area contributed by atoms with Crippen LogP contribution in [0.3, 0.4) is 0 Å². The summed E-state index contributed by atoms with van der Waals surface area (Å²) in [4.78, 5) is 19.7. The van der Waals surface area contributed by atoms with Crippen molar-refractivity contribution in [2.24, 2.45) is 5.18 Å². The molecule has 0 aliphatic rings. The maximum Gasteiger partial charge on any atom is 0.456 e. The smallest absolute Gasteiger partial charge is 0.258 e. The number of alkyl halides is 5. The minimum absolute atomic E-state index is 0.450. The Morgan fingerprint density at radius 1 is 1.21 bits per heavy atom. The molecule has 1 aromatic carbocycles. The van der Waals surface area contributed by atoms with E-state index in [1.807, 2.05) is 0 Å². The summed E-state index contributed by atoms with van der Waals surface area (Å²) in [5.74, 6) is -5.41. The second-order valence-electron chi connectivity index (χ2n) is 3.48. The van der Waals surface area contributed by atoms with Gasteiger partial charge < -0.3 is 0 Å². The maximum absolute atomic E-state index is 13.0. The Hall–Kier alpha value is -2.13. The molecule has 0 N–H and O–H groups in total. The van der Waals surface area contributed by atoms with E-state index in [4.69, 9.17) is 0 Å². The van der Waals surface area contributed by atoms with E-state index in [0.29, 0.717) is 6.07 Å². The third-order valence-electron chi connectivity index (χ3n) is 2.22. The quantitative estimate of drug-likeness (QED) is 0.367. The number of nitro benzene ring substituents is 1. The fourth-order valence-electron chi connectivity index (χ4n) is 1.30. The number of hydrogen-bond acceptors (Lipinski definition) is 4. The summed E-state index contributed by atoms with van der Waals surface area (Å²) >= 11 is 0. The summed E-state index contributed by atoms with van der Waals surface area (Å²) in [6.45, 7) is 0. The average molecular weight is 284 g/mol. The molecule has 5 nitrogen and oxygen atoms in total. The van der Waals surface area contributed by atoms with Crippen LogP contribution < -0.4 is 0 Å². The Kier molecular flexibility index (Phi) is 3.82.